The normalized spacial score (nSPS) is 15.1. The second-order valence-electron chi connectivity index (χ2n) is 5.02. The van der Waals surface area contributed by atoms with Crippen molar-refractivity contribution in [1.29, 1.82) is 0 Å². The maximum atomic E-state index is 12.0. The SMILES string of the molecule is C=CCOc1ccc(/C=C2\N=C(c3cccc(I)c3)OC2=O)cc1. The highest BCUT2D eigenvalue weighted by Gasteiger charge is 2.24. The van der Waals surface area contributed by atoms with Gasteiger partial charge in [0.2, 0.25) is 5.90 Å². The fraction of sp³-hybridized carbons (Fsp3) is 0.0526. The Kier molecular flexibility index (Phi) is 5.10. The van der Waals surface area contributed by atoms with E-state index in [4.69, 9.17) is 9.47 Å². The average Bonchev–Trinajstić information content (AvgIpc) is 2.95. The van der Waals surface area contributed by atoms with E-state index in [1.807, 2.05) is 48.5 Å². The van der Waals surface area contributed by atoms with Gasteiger partial charge in [0.05, 0.1) is 0 Å². The summed E-state index contributed by atoms with van der Waals surface area (Å²) >= 11 is 2.21. The molecule has 0 bridgehead atoms. The molecule has 120 valence electrons. The van der Waals surface area contributed by atoms with E-state index in [1.165, 1.54) is 0 Å². The molecule has 1 heterocycles. The minimum atomic E-state index is -0.448. The molecule has 5 heteroatoms. The monoisotopic (exact) mass is 431 g/mol. The van der Waals surface area contributed by atoms with Crippen LogP contribution in [0.15, 0.2) is 71.9 Å². The van der Waals surface area contributed by atoms with Crippen LogP contribution in [-0.2, 0) is 9.53 Å². The Morgan fingerprint density at radius 1 is 1.21 bits per heavy atom. The van der Waals surface area contributed by atoms with Gasteiger partial charge in [-0.05, 0) is 64.6 Å². The third kappa shape index (κ3) is 3.91. The highest BCUT2D eigenvalue weighted by Crippen LogP contribution is 2.21. The molecule has 0 spiro atoms. The van der Waals surface area contributed by atoms with Gasteiger partial charge in [0.1, 0.15) is 12.4 Å². The van der Waals surface area contributed by atoms with Crippen molar-refractivity contribution in [1.82, 2.24) is 0 Å². The van der Waals surface area contributed by atoms with Crippen molar-refractivity contribution in [2.75, 3.05) is 6.61 Å². The van der Waals surface area contributed by atoms with Crippen LogP contribution in [0.25, 0.3) is 6.08 Å². The van der Waals surface area contributed by atoms with Gasteiger partial charge in [0.15, 0.2) is 5.70 Å². The van der Waals surface area contributed by atoms with Gasteiger partial charge in [-0.2, -0.15) is 0 Å². The van der Waals surface area contributed by atoms with Crippen LogP contribution in [-0.4, -0.2) is 18.5 Å². The molecule has 0 amide bonds. The Morgan fingerprint density at radius 2 is 2.00 bits per heavy atom. The average molecular weight is 431 g/mol. The standard InChI is InChI=1S/C19H14INO3/c1-2-10-23-16-8-6-13(7-9-16)11-17-19(22)24-18(21-17)14-4-3-5-15(20)12-14/h2-9,11-12H,1,10H2/b17-11-. The van der Waals surface area contributed by atoms with Crippen LogP contribution in [0.2, 0.25) is 0 Å². The number of hydrogen-bond acceptors (Lipinski definition) is 4. The van der Waals surface area contributed by atoms with Crippen LogP contribution in [0, 0.1) is 3.57 Å². The van der Waals surface area contributed by atoms with Gasteiger partial charge >= 0.3 is 5.97 Å². The molecule has 0 atom stereocenters. The summed E-state index contributed by atoms with van der Waals surface area (Å²) in [5.41, 5.74) is 1.91. The molecule has 2 aromatic rings. The number of ether oxygens (including phenoxy) is 2. The van der Waals surface area contributed by atoms with Gasteiger partial charge in [-0.1, -0.05) is 30.9 Å². The van der Waals surface area contributed by atoms with Gasteiger partial charge in [-0.25, -0.2) is 9.79 Å². The molecule has 0 unspecified atom stereocenters. The zero-order valence-corrected chi connectivity index (χ0v) is 14.9. The predicted molar refractivity (Wildman–Crippen MR) is 102 cm³/mol. The lowest BCUT2D eigenvalue weighted by Crippen LogP contribution is -2.05. The molecule has 0 N–H and O–H groups in total. The van der Waals surface area contributed by atoms with E-state index in [9.17, 15) is 4.79 Å². The lowest BCUT2D eigenvalue weighted by atomic mass is 10.2. The van der Waals surface area contributed by atoms with Gasteiger partial charge < -0.3 is 9.47 Å². The van der Waals surface area contributed by atoms with Crippen LogP contribution in [0.4, 0.5) is 0 Å². The Balaban J connectivity index is 1.82. The first-order chi connectivity index (χ1) is 11.7. The maximum Gasteiger partial charge on any atom is 0.363 e. The van der Waals surface area contributed by atoms with Crippen molar-refractivity contribution in [3.8, 4) is 5.75 Å². The zero-order chi connectivity index (χ0) is 16.9. The first-order valence-electron chi connectivity index (χ1n) is 7.28. The first-order valence-corrected chi connectivity index (χ1v) is 8.36. The second kappa shape index (κ2) is 7.44. The predicted octanol–water partition coefficient (Wildman–Crippen LogP) is 4.20. The van der Waals surface area contributed by atoms with Gasteiger partial charge in [-0.3, -0.25) is 0 Å². The van der Waals surface area contributed by atoms with Crippen molar-refractivity contribution in [2.24, 2.45) is 4.99 Å². The molecule has 3 rings (SSSR count). The maximum absolute atomic E-state index is 12.0. The van der Waals surface area contributed by atoms with Crippen LogP contribution >= 0.6 is 22.6 Å². The van der Waals surface area contributed by atoms with E-state index in [0.717, 1.165) is 20.4 Å². The molecule has 0 aliphatic carbocycles. The molecule has 0 radical (unpaired) electrons. The summed E-state index contributed by atoms with van der Waals surface area (Å²) in [6, 6.07) is 15.0. The molecule has 0 saturated carbocycles. The van der Waals surface area contributed by atoms with Gasteiger partial charge in [-0.15, -0.1) is 0 Å². The summed E-state index contributed by atoms with van der Waals surface area (Å²) in [7, 11) is 0. The topological polar surface area (TPSA) is 47.9 Å². The third-order valence-corrected chi connectivity index (χ3v) is 3.91. The number of aliphatic imine (C=N–C) groups is 1. The van der Waals surface area contributed by atoms with E-state index in [-0.39, 0.29) is 5.70 Å². The molecule has 0 fully saturated rings. The van der Waals surface area contributed by atoms with Crippen LogP contribution in [0.1, 0.15) is 11.1 Å². The Bertz CT molecular complexity index is 838. The number of hydrogen-bond donors (Lipinski definition) is 0. The largest absolute Gasteiger partial charge is 0.490 e. The number of halogens is 1. The fourth-order valence-corrected chi connectivity index (χ4v) is 2.67. The van der Waals surface area contributed by atoms with E-state index in [0.29, 0.717) is 12.5 Å². The summed E-state index contributed by atoms with van der Waals surface area (Å²) < 4.78 is 11.7. The smallest absolute Gasteiger partial charge is 0.363 e. The Labute approximate surface area is 153 Å². The van der Waals surface area contributed by atoms with Crippen molar-refractivity contribution in [3.05, 3.63) is 81.6 Å². The van der Waals surface area contributed by atoms with Crippen LogP contribution < -0.4 is 4.74 Å². The number of carbonyl (C=O) groups excluding carboxylic acids is 1. The summed E-state index contributed by atoms with van der Waals surface area (Å²) in [6.07, 6.45) is 3.38. The number of nitrogens with zero attached hydrogens (tertiary/aromatic N) is 1. The second-order valence-corrected chi connectivity index (χ2v) is 6.26. The molecule has 4 nitrogen and oxygen atoms in total. The lowest BCUT2D eigenvalue weighted by Gasteiger charge is -2.02. The third-order valence-electron chi connectivity index (χ3n) is 3.24. The first kappa shape index (κ1) is 16.4. The Morgan fingerprint density at radius 3 is 2.71 bits per heavy atom. The molecule has 0 saturated heterocycles. The summed E-state index contributed by atoms with van der Waals surface area (Å²) in [4.78, 5) is 16.3. The van der Waals surface area contributed by atoms with Crippen molar-refractivity contribution >= 4 is 40.5 Å². The molecular formula is C19H14INO3. The van der Waals surface area contributed by atoms with E-state index in [2.05, 4.69) is 34.2 Å². The number of cyclic esters (lactones) is 1. The number of carbonyl (C=O) groups is 1. The molecular weight excluding hydrogens is 417 g/mol. The minimum absolute atomic E-state index is 0.281. The number of benzene rings is 2. The summed E-state index contributed by atoms with van der Waals surface area (Å²) in [5.74, 6) is 0.626. The van der Waals surface area contributed by atoms with Crippen molar-refractivity contribution in [2.45, 2.75) is 0 Å². The summed E-state index contributed by atoms with van der Waals surface area (Å²) in [6.45, 7) is 4.06. The zero-order valence-electron chi connectivity index (χ0n) is 12.7. The molecule has 1 aliphatic rings. The van der Waals surface area contributed by atoms with Crippen molar-refractivity contribution < 1.29 is 14.3 Å². The quantitative estimate of drug-likeness (QED) is 0.309. The van der Waals surface area contributed by atoms with Crippen LogP contribution in [0.5, 0.6) is 5.75 Å². The minimum Gasteiger partial charge on any atom is -0.490 e. The summed E-state index contributed by atoms with van der Waals surface area (Å²) in [5, 5.41) is 0. The van der Waals surface area contributed by atoms with Crippen LogP contribution in [0.3, 0.4) is 0 Å². The van der Waals surface area contributed by atoms with Gasteiger partial charge in [0, 0.05) is 9.13 Å². The van der Waals surface area contributed by atoms with E-state index >= 15 is 0 Å². The Hall–Kier alpha value is -2.41. The highest BCUT2D eigenvalue weighted by atomic mass is 127. The highest BCUT2D eigenvalue weighted by molar-refractivity contribution is 14.1. The fourth-order valence-electron chi connectivity index (χ4n) is 2.13. The van der Waals surface area contributed by atoms with Gasteiger partial charge in [0.25, 0.3) is 0 Å². The van der Waals surface area contributed by atoms with E-state index in [1.54, 1.807) is 12.2 Å². The van der Waals surface area contributed by atoms with Crippen molar-refractivity contribution in [3.63, 3.8) is 0 Å². The molecule has 0 aromatic heterocycles. The van der Waals surface area contributed by atoms with E-state index < -0.39 is 5.97 Å². The molecule has 1 aliphatic heterocycles. The molecule has 24 heavy (non-hydrogen) atoms. The number of esters is 1. The lowest BCUT2D eigenvalue weighted by molar-refractivity contribution is -0.129. The number of rotatable bonds is 5. The molecule has 2 aromatic carbocycles.